The molecule has 0 amide bonds. The van der Waals surface area contributed by atoms with Gasteiger partial charge in [0.15, 0.2) is 11.5 Å². The van der Waals surface area contributed by atoms with E-state index in [1.807, 2.05) is 0 Å². The fraction of sp³-hybridized carbons (Fsp3) is 0.643. The maximum absolute atomic E-state index is 12.2. The zero-order chi connectivity index (χ0) is 16.2. The van der Waals surface area contributed by atoms with Crippen LogP contribution in [0.2, 0.25) is 0 Å². The molecular formula is C14H22N6O3. The number of H-pyrrole nitrogens is 1. The summed E-state index contributed by atoms with van der Waals surface area (Å²) >= 11 is 0. The number of hydrogen-bond donors (Lipinski definition) is 3. The smallest absolute Gasteiger partial charge is 0.327 e. The predicted octanol–water partition coefficient (Wildman–Crippen LogP) is -0.273. The van der Waals surface area contributed by atoms with Crippen LogP contribution in [0.4, 0.5) is 5.82 Å². The van der Waals surface area contributed by atoms with Gasteiger partial charge in [0.2, 0.25) is 0 Å². The third-order valence-electron chi connectivity index (χ3n) is 4.05. The first-order valence-electron chi connectivity index (χ1n) is 7.77. The number of aromatic nitrogens is 4. The highest BCUT2D eigenvalue weighted by atomic mass is 16.5. The Morgan fingerprint density at radius 1 is 1.30 bits per heavy atom. The standard InChI is InChI=1S/C14H22N6O3/c1-22-6-7-23-13-18-11(15)10-12(19-13)20(14(21)17-10)8-9-2-4-16-5-3-9/h9,16H,2-8H2,1H3,(H,17,21)(H2,15,18,19). The summed E-state index contributed by atoms with van der Waals surface area (Å²) in [4.78, 5) is 23.4. The Kier molecular flexibility index (Phi) is 4.77. The van der Waals surface area contributed by atoms with Crippen molar-refractivity contribution in [1.82, 2.24) is 24.8 Å². The lowest BCUT2D eigenvalue weighted by Gasteiger charge is -2.22. The average molecular weight is 322 g/mol. The van der Waals surface area contributed by atoms with E-state index in [0.29, 0.717) is 36.8 Å². The largest absolute Gasteiger partial charge is 0.461 e. The maximum Gasteiger partial charge on any atom is 0.327 e. The van der Waals surface area contributed by atoms with Crippen LogP contribution in [0.15, 0.2) is 4.79 Å². The van der Waals surface area contributed by atoms with Gasteiger partial charge in [-0.3, -0.25) is 4.57 Å². The van der Waals surface area contributed by atoms with Gasteiger partial charge in [0.1, 0.15) is 12.1 Å². The van der Waals surface area contributed by atoms with Crippen molar-refractivity contribution in [2.75, 3.05) is 39.1 Å². The second kappa shape index (κ2) is 6.97. The highest BCUT2D eigenvalue weighted by molar-refractivity contribution is 5.81. The molecule has 0 unspecified atom stereocenters. The number of nitrogens with one attached hydrogen (secondary N) is 2. The van der Waals surface area contributed by atoms with E-state index in [2.05, 4.69) is 20.3 Å². The summed E-state index contributed by atoms with van der Waals surface area (Å²) in [5.41, 5.74) is 6.66. The van der Waals surface area contributed by atoms with E-state index >= 15 is 0 Å². The van der Waals surface area contributed by atoms with E-state index in [4.69, 9.17) is 15.2 Å². The summed E-state index contributed by atoms with van der Waals surface area (Å²) in [6.45, 7) is 3.32. The van der Waals surface area contributed by atoms with Gasteiger partial charge in [0.25, 0.3) is 0 Å². The first-order chi connectivity index (χ1) is 11.2. The Balaban J connectivity index is 1.89. The van der Waals surface area contributed by atoms with Gasteiger partial charge in [0, 0.05) is 13.7 Å². The molecule has 0 atom stereocenters. The van der Waals surface area contributed by atoms with E-state index in [-0.39, 0.29) is 17.5 Å². The summed E-state index contributed by atoms with van der Waals surface area (Å²) < 4.78 is 12.0. The minimum atomic E-state index is -0.214. The lowest BCUT2D eigenvalue weighted by Crippen LogP contribution is -2.32. The normalized spacial score (nSPS) is 16.0. The first-order valence-corrected chi connectivity index (χ1v) is 7.77. The minimum absolute atomic E-state index is 0.158. The second-order valence-corrected chi connectivity index (χ2v) is 5.67. The van der Waals surface area contributed by atoms with Gasteiger partial charge in [-0.15, -0.1) is 0 Å². The molecular weight excluding hydrogens is 300 g/mol. The predicted molar refractivity (Wildman–Crippen MR) is 85.5 cm³/mol. The number of imidazole rings is 1. The molecule has 0 saturated carbocycles. The quantitative estimate of drug-likeness (QED) is 0.626. The zero-order valence-electron chi connectivity index (χ0n) is 13.2. The van der Waals surface area contributed by atoms with E-state index in [9.17, 15) is 4.79 Å². The average Bonchev–Trinajstić information content (AvgIpc) is 2.86. The van der Waals surface area contributed by atoms with Gasteiger partial charge in [-0.25, -0.2) is 4.79 Å². The summed E-state index contributed by atoms with van der Waals surface area (Å²) in [6.07, 6.45) is 2.08. The molecule has 0 aliphatic carbocycles. The topological polar surface area (TPSA) is 120 Å². The van der Waals surface area contributed by atoms with E-state index < -0.39 is 0 Å². The van der Waals surface area contributed by atoms with Gasteiger partial charge in [0.05, 0.1) is 6.61 Å². The highest BCUT2D eigenvalue weighted by Gasteiger charge is 2.19. The van der Waals surface area contributed by atoms with E-state index in [0.717, 1.165) is 25.9 Å². The van der Waals surface area contributed by atoms with Crippen LogP contribution < -0.4 is 21.5 Å². The molecule has 1 aliphatic heterocycles. The highest BCUT2D eigenvalue weighted by Crippen LogP contribution is 2.20. The molecule has 126 valence electrons. The number of nitrogens with two attached hydrogens (primary N) is 1. The lowest BCUT2D eigenvalue weighted by atomic mass is 9.98. The maximum atomic E-state index is 12.2. The number of aromatic amines is 1. The Morgan fingerprint density at radius 2 is 2.09 bits per heavy atom. The molecule has 1 aliphatic rings. The van der Waals surface area contributed by atoms with Crippen molar-refractivity contribution in [2.24, 2.45) is 5.92 Å². The fourth-order valence-electron chi connectivity index (χ4n) is 2.80. The second-order valence-electron chi connectivity index (χ2n) is 5.67. The lowest BCUT2D eigenvalue weighted by molar-refractivity contribution is 0.141. The Bertz CT molecular complexity index is 719. The van der Waals surface area contributed by atoms with Crippen LogP contribution in [-0.4, -0.2) is 52.9 Å². The van der Waals surface area contributed by atoms with Crippen LogP contribution in [0.3, 0.4) is 0 Å². The SMILES string of the molecule is COCCOc1nc(N)c2[nH]c(=O)n(CC3CCNCC3)c2n1. The van der Waals surface area contributed by atoms with Crippen molar-refractivity contribution in [3.05, 3.63) is 10.5 Å². The molecule has 9 nitrogen and oxygen atoms in total. The van der Waals surface area contributed by atoms with Crippen molar-refractivity contribution < 1.29 is 9.47 Å². The van der Waals surface area contributed by atoms with Gasteiger partial charge in [-0.05, 0) is 31.8 Å². The van der Waals surface area contributed by atoms with E-state index in [1.54, 1.807) is 11.7 Å². The monoisotopic (exact) mass is 322 g/mol. The zero-order valence-corrected chi connectivity index (χ0v) is 13.2. The summed E-state index contributed by atoms with van der Waals surface area (Å²) in [5, 5.41) is 3.32. The van der Waals surface area contributed by atoms with E-state index in [1.165, 1.54) is 0 Å². The van der Waals surface area contributed by atoms with Gasteiger partial charge in [-0.2, -0.15) is 9.97 Å². The van der Waals surface area contributed by atoms with Crippen molar-refractivity contribution >= 4 is 17.0 Å². The minimum Gasteiger partial charge on any atom is -0.461 e. The summed E-state index contributed by atoms with van der Waals surface area (Å²) in [6, 6.07) is 0.158. The molecule has 1 fully saturated rings. The van der Waals surface area contributed by atoms with Crippen LogP contribution in [0.25, 0.3) is 11.2 Å². The third-order valence-corrected chi connectivity index (χ3v) is 4.05. The van der Waals surface area contributed by atoms with Crippen LogP contribution in [0.5, 0.6) is 6.01 Å². The van der Waals surface area contributed by atoms with Crippen LogP contribution in [0.1, 0.15) is 12.8 Å². The Morgan fingerprint density at radius 3 is 2.83 bits per heavy atom. The molecule has 4 N–H and O–H groups in total. The third kappa shape index (κ3) is 3.45. The number of nitrogen functional groups attached to an aromatic ring is 1. The molecule has 3 rings (SSSR count). The fourth-order valence-corrected chi connectivity index (χ4v) is 2.80. The molecule has 0 radical (unpaired) electrons. The Labute approximate surface area is 133 Å². The molecule has 0 bridgehead atoms. The molecule has 2 aromatic heterocycles. The number of rotatable bonds is 6. The molecule has 1 saturated heterocycles. The van der Waals surface area contributed by atoms with Gasteiger partial charge >= 0.3 is 11.7 Å². The number of ether oxygens (including phenoxy) is 2. The number of piperidine rings is 1. The van der Waals surface area contributed by atoms with Crippen molar-refractivity contribution in [1.29, 1.82) is 0 Å². The van der Waals surface area contributed by atoms with Crippen LogP contribution >= 0.6 is 0 Å². The number of nitrogens with zero attached hydrogens (tertiary/aromatic N) is 3. The molecule has 0 spiro atoms. The van der Waals surface area contributed by atoms with Crippen LogP contribution in [0, 0.1) is 5.92 Å². The number of methoxy groups -OCH3 is 1. The van der Waals surface area contributed by atoms with Crippen molar-refractivity contribution in [2.45, 2.75) is 19.4 Å². The number of hydrogen-bond acceptors (Lipinski definition) is 7. The first kappa shape index (κ1) is 15.8. The number of anilines is 1. The van der Waals surface area contributed by atoms with Gasteiger partial charge in [-0.1, -0.05) is 0 Å². The molecule has 0 aromatic carbocycles. The molecule has 9 heteroatoms. The summed E-state index contributed by atoms with van der Waals surface area (Å²) in [5.74, 6) is 0.658. The van der Waals surface area contributed by atoms with Crippen LogP contribution in [-0.2, 0) is 11.3 Å². The Hall–Kier alpha value is -2.13. The van der Waals surface area contributed by atoms with Crippen molar-refractivity contribution in [3.63, 3.8) is 0 Å². The van der Waals surface area contributed by atoms with Gasteiger partial charge < -0.3 is 25.5 Å². The molecule has 2 aromatic rings. The molecule has 23 heavy (non-hydrogen) atoms. The van der Waals surface area contributed by atoms with Crippen molar-refractivity contribution in [3.8, 4) is 6.01 Å². The summed E-state index contributed by atoms with van der Waals surface area (Å²) in [7, 11) is 1.59. The number of fused-ring (bicyclic) bond motifs is 1. The molecule has 3 heterocycles.